The number of nitrogens with zero attached hydrogens (tertiary/aromatic N) is 1. The maximum absolute atomic E-state index is 5.72. The van der Waals surface area contributed by atoms with E-state index in [1.807, 2.05) is 49.4 Å². The number of rotatable bonds is 5. The van der Waals surface area contributed by atoms with E-state index in [9.17, 15) is 0 Å². The van der Waals surface area contributed by atoms with E-state index in [0.717, 1.165) is 22.6 Å². The van der Waals surface area contributed by atoms with Gasteiger partial charge in [0.2, 0.25) is 5.89 Å². The Bertz CT molecular complexity index is 988. The van der Waals surface area contributed by atoms with Gasteiger partial charge in [0.1, 0.15) is 17.7 Å². The molecule has 4 rings (SSSR count). The summed E-state index contributed by atoms with van der Waals surface area (Å²) in [6.45, 7) is 2.57. The minimum Gasteiger partial charge on any atom is -0.493 e. The Morgan fingerprint density at radius 1 is 0.769 bits per heavy atom. The Kier molecular flexibility index (Phi) is 4.52. The van der Waals surface area contributed by atoms with Crippen molar-refractivity contribution in [2.45, 2.75) is 6.92 Å². The normalized spacial score (nSPS) is 10.7. The van der Waals surface area contributed by atoms with Gasteiger partial charge in [-0.05, 0) is 30.2 Å². The number of hydrogen-bond acceptors (Lipinski definition) is 3. The highest BCUT2D eigenvalue weighted by atomic mass is 16.5. The summed E-state index contributed by atoms with van der Waals surface area (Å²) in [5, 5.41) is 0. The van der Waals surface area contributed by atoms with E-state index in [2.05, 4.69) is 41.4 Å². The molecule has 0 spiro atoms. The molecule has 3 nitrogen and oxygen atoms in total. The lowest BCUT2D eigenvalue weighted by molar-refractivity contribution is 0.340. The summed E-state index contributed by atoms with van der Waals surface area (Å²) < 4.78 is 11.4. The van der Waals surface area contributed by atoms with Crippen molar-refractivity contribution in [2.75, 3.05) is 6.61 Å². The topological polar surface area (TPSA) is 35.3 Å². The molecule has 1 heterocycles. The molecule has 0 bridgehead atoms. The van der Waals surface area contributed by atoms with Gasteiger partial charge in [0, 0.05) is 5.56 Å². The Balaban J connectivity index is 1.63. The highest BCUT2D eigenvalue weighted by molar-refractivity contribution is 5.70. The molecule has 0 aliphatic carbocycles. The molecule has 0 N–H and O–H groups in total. The summed E-state index contributed by atoms with van der Waals surface area (Å²) in [6.07, 6.45) is 1.69. The number of ether oxygens (including phenoxy) is 1. The van der Waals surface area contributed by atoms with Crippen LogP contribution in [0.2, 0.25) is 0 Å². The minimum absolute atomic E-state index is 0.566. The zero-order chi connectivity index (χ0) is 17.8. The number of aromatic nitrogens is 1. The van der Waals surface area contributed by atoms with Crippen LogP contribution in [-0.2, 0) is 0 Å². The first-order chi connectivity index (χ1) is 12.8. The van der Waals surface area contributed by atoms with E-state index in [0.29, 0.717) is 12.5 Å². The maximum Gasteiger partial charge on any atom is 0.230 e. The van der Waals surface area contributed by atoms with Crippen LogP contribution in [0.5, 0.6) is 5.75 Å². The Morgan fingerprint density at radius 2 is 1.42 bits per heavy atom. The van der Waals surface area contributed by atoms with E-state index in [1.165, 1.54) is 11.1 Å². The molecule has 1 aromatic heterocycles. The first-order valence-corrected chi connectivity index (χ1v) is 8.69. The van der Waals surface area contributed by atoms with E-state index >= 15 is 0 Å². The molecule has 128 valence electrons. The van der Waals surface area contributed by atoms with Gasteiger partial charge in [0.05, 0.1) is 12.2 Å². The molecule has 26 heavy (non-hydrogen) atoms. The predicted octanol–water partition coefficient (Wildman–Crippen LogP) is 6.07. The van der Waals surface area contributed by atoms with E-state index in [1.54, 1.807) is 6.26 Å². The lowest BCUT2D eigenvalue weighted by Gasteiger charge is -2.06. The van der Waals surface area contributed by atoms with Crippen LogP contribution in [-0.4, -0.2) is 11.6 Å². The first-order valence-electron chi connectivity index (χ1n) is 8.69. The van der Waals surface area contributed by atoms with Crippen LogP contribution < -0.4 is 4.74 Å². The predicted molar refractivity (Wildman–Crippen MR) is 104 cm³/mol. The van der Waals surface area contributed by atoms with Crippen molar-refractivity contribution in [3.05, 3.63) is 85.1 Å². The third-order valence-electron chi connectivity index (χ3n) is 4.21. The quantitative estimate of drug-likeness (QED) is 0.441. The average Bonchev–Trinajstić information content (AvgIpc) is 3.20. The number of oxazole rings is 1. The Morgan fingerprint density at radius 3 is 2.19 bits per heavy atom. The fourth-order valence-electron chi connectivity index (χ4n) is 2.92. The lowest BCUT2D eigenvalue weighted by atomic mass is 10.0. The smallest absolute Gasteiger partial charge is 0.230 e. The van der Waals surface area contributed by atoms with Crippen LogP contribution in [0.25, 0.3) is 33.8 Å². The molecule has 3 aromatic carbocycles. The molecule has 0 aliphatic rings. The fourth-order valence-corrected chi connectivity index (χ4v) is 2.92. The fraction of sp³-hybridized carbons (Fsp3) is 0.0870. The highest BCUT2D eigenvalue weighted by Gasteiger charge is 2.13. The van der Waals surface area contributed by atoms with Crippen molar-refractivity contribution in [2.24, 2.45) is 0 Å². The lowest BCUT2D eigenvalue weighted by Crippen LogP contribution is -1.93. The summed E-state index contributed by atoms with van der Waals surface area (Å²) in [6, 6.07) is 26.5. The van der Waals surface area contributed by atoms with Gasteiger partial charge in [-0.3, -0.25) is 0 Å². The van der Waals surface area contributed by atoms with Crippen molar-refractivity contribution >= 4 is 0 Å². The number of para-hydroxylation sites is 1. The molecule has 3 heteroatoms. The molecule has 0 amide bonds. The monoisotopic (exact) mass is 341 g/mol. The summed E-state index contributed by atoms with van der Waals surface area (Å²) >= 11 is 0. The maximum atomic E-state index is 5.72. The summed E-state index contributed by atoms with van der Waals surface area (Å²) in [7, 11) is 0. The molecular weight excluding hydrogens is 322 g/mol. The van der Waals surface area contributed by atoms with Gasteiger partial charge in [-0.2, -0.15) is 0 Å². The molecule has 0 fully saturated rings. The van der Waals surface area contributed by atoms with E-state index in [4.69, 9.17) is 9.15 Å². The standard InChI is InChI=1S/C23H19NO2/c1-2-25-22-11-7-6-10-20(22)23-24-21(16-26-23)19-14-12-18(13-15-19)17-8-4-3-5-9-17/h3-16H,2H2,1H3. The van der Waals surface area contributed by atoms with Gasteiger partial charge in [0.25, 0.3) is 0 Å². The van der Waals surface area contributed by atoms with Crippen molar-refractivity contribution in [1.29, 1.82) is 0 Å². The van der Waals surface area contributed by atoms with Crippen LogP contribution in [0.15, 0.2) is 89.5 Å². The van der Waals surface area contributed by atoms with Gasteiger partial charge in [0.15, 0.2) is 0 Å². The van der Waals surface area contributed by atoms with Gasteiger partial charge in [-0.1, -0.05) is 66.7 Å². The zero-order valence-corrected chi connectivity index (χ0v) is 14.6. The number of benzene rings is 3. The van der Waals surface area contributed by atoms with Crippen molar-refractivity contribution in [3.8, 4) is 39.6 Å². The highest BCUT2D eigenvalue weighted by Crippen LogP contribution is 2.32. The Labute approximate surface area is 152 Å². The second kappa shape index (κ2) is 7.28. The van der Waals surface area contributed by atoms with Crippen LogP contribution >= 0.6 is 0 Å². The molecule has 0 saturated heterocycles. The molecular formula is C23H19NO2. The van der Waals surface area contributed by atoms with Crippen LogP contribution in [0, 0.1) is 0 Å². The zero-order valence-electron chi connectivity index (χ0n) is 14.6. The molecule has 0 radical (unpaired) electrons. The van der Waals surface area contributed by atoms with Crippen molar-refractivity contribution < 1.29 is 9.15 Å². The van der Waals surface area contributed by atoms with E-state index in [-0.39, 0.29) is 0 Å². The molecule has 0 unspecified atom stereocenters. The van der Waals surface area contributed by atoms with Crippen LogP contribution in [0.3, 0.4) is 0 Å². The Hall–Kier alpha value is -3.33. The first kappa shape index (κ1) is 16.2. The largest absolute Gasteiger partial charge is 0.493 e. The molecule has 0 atom stereocenters. The van der Waals surface area contributed by atoms with Gasteiger partial charge in [-0.25, -0.2) is 4.98 Å². The van der Waals surface area contributed by atoms with Gasteiger partial charge in [-0.15, -0.1) is 0 Å². The average molecular weight is 341 g/mol. The number of hydrogen-bond donors (Lipinski definition) is 0. The van der Waals surface area contributed by atoms with Crippen LogP contribution in [0.4, 0.5) is 0 Å². The van der Waals surface area contributed by atoms with Gasteiger partial charge < -0.3 is 9.15 Å². The third kappa shape index (κ3) is 3.24. The second-order valence-corrected chi connectivity index (χ2v) is 5.91. The summed E-state index contributed by atoms with van der Waals surface area (Å²) in [4.78, 5) is 4.65. The van der Waals surface area contributed by atoms with Crippen molar-refractivity contribution in [1.82, 2.24) is 4.98 Å². The molecule has 0 aliphatic heterocycles. The molecule has 4 aromatic rings. The SMILES string of the molecule is CCOc1ccccc1-c1nc(-c2ccc(-c3ccccc3)cc2)co1. The summed E-state index contributed by atoms with van der Waals surface area (Å²) in [5.74, 6) is 1.35. The van der Waals surface area contributed by atoms with E-state index < -0.39 is 0 Å². The second-order valence-electron chi connectivity index (χ2n) is 5.91. The van der Waals surface area contributed by atoms with Crippen LogP contribution in [0.1, 0.15) is 6.92 Å². The molecule has 0 saturated carbocycles. The minimum atomic E-state index is 0.566. The summed E-state index contributed by atoms with van der Waals surface area (Å²) in [5.41, 5.74) is 5.08. The van der Waals surface area contributed by atoms with Crippen molar-refractivity contribution in [3.63, 3.8) is 0 Å². The third-order valence-corrected chi connectivity index (χ3v) is 4.21. The van der Waals surface area contributed by atoms with Gasteiger partial charge >= 0.3 is 0 Å².